The minimum atomic E-state index is -2.17. The van der Waals surface area contributed by atoms with Gasteiger partial charge in [-0.05, 0) is 24.3 Å². The minimum absolute atomic E-state index is 0. The predicted octanol–water partition coefficient (Wildman–Crippen LogP) is 3.30. The molecule has 18 heavy (non-hydrogen) atoms. The molecule has 0 N–H and O–H groups in total. The van der Waals surface area contributed by atoms with E-state index in [1.54, 1.807) is 0 Å². The molecule has 2 aromatic carbocycles. The predicted molar refractivity (Wildman–Crippen MR) is 66.7 cm³/mol. The van der Waals surface area contributed by atoms with E-state index in [-0.39, 0.29) is 7.43 Å². The molecule has 2 nitrogen and oxygen atoms in total. The molecule has 0 atom stereocenters. The van der Waals surface area contributed by atoms with Gasteiger partial charge in [0.25, 0.3) is 0 Å². The Bertz CT molecular complexity index is 489. The Balaban J connectivity index is 0.000000660. The summed E-state index contributed by atoms with van der Waals surface area (Å²) in [6.07, 6.45) is 0. The molecule has 0 aliphatic heterocycles. The van der Waals surface area contributed by atoms with E-state index in [4.69, 9.17) is 6.94 Å². The Hall–Kier alpha value is -1.74. The molecular weight excluding hydrogens is 398 g/mol. The number of benzene rings is 2. The summed E-state index contributed by atoms with van der Waals surface area (Å²) in [6, 6.07) is 20.0. The van der Waals surface area contributed by atoms with Crippen LogP contribution in [0.5, 0.6) is 0 Å². The third kappa shape index (κ3) is 6.76. The summed E-state index contributed by atoms with van der Waals surface area (Å²) >= 11 is -2.17. The topological polar surface area (TPSA) is 34.1 Å². The number of rotatable bonds is 0. The summed E-state index contributed by atoms with van der Waals surface area (Å²) in [5, 5.41) is 0. The summed E-state index contributed by atoms with van der Waals surface area (Å²) in [5.74, 6) is 6.22. The van der Waals surface area contributed by atoms with Crippen molar-refractivity contribution in [2.45, 2.75) is 0 Å². The third-order valence-corrected chi connectivity index (χ3v) is 1.90. The Kier molecular flexibility index (Phi) is 9.41. The molecule has 0 heterocycles. The monoisotopic (exact) mass is 412 g/mol. The van der Waals surface area contributed by atoms with Crippen molar-refractivity contribution in [3.05, 3.63) is 79.2 Å². The van der Waals surface area contributed by atoms with Crippen molar-refractivity contribution in [1.82, 2.24) is 0 Å². The maximum atomic E-state index is 8.53. The molecule has 0 saturated heterocycles. The van der Waals surface area contributed by atoms with Gasteiger partial charge in [0.2, 0.25) is 0 Å². The Morgan fingerprint density at radius 2 is 0.944 bits per heavy atom. The summed E-state index contributed by atoms with van der Waals surface area (Å²) in [6.45, 7) is 0. The molecule has 0 spiro atoms. The quantitative estimate of drug-likeness (QED) is 0.493. The first-order chi connectivity index (χ1) is 8.36. The van der Waals surface area contributed by atoms with Crippen LogP contribution in [0.3, 0.4) is 0 Å². The zero-order valence-corrected chi connectivity index (χ0v) is 12.7. The maximum absolute atomic E-state index is 8.53. The molecule has 2 aromatic rings. The van der Waals surface area contributed by atoms with Crippen molar-refractivity contribution in [2.24, 2.45) is 0 Å². The molecule has 93 valence electrons. The molecule has 0 aliphatic carbocycles. The Labute approximate surface area is 116 Å². The molecule has 0 aliphatic rings. The van der Waals surface area contributed by atoms with E-state index < -0.39 is 17.9 Å². The molecule has 0 saturated carbocycles. The number of hydrogen-bond acceptors (Lipinski definition) is 2. The van der Waals surface area contributed by atoms with E-state index in [1.807, 2.05) is 60.7 Å². The molecule has 0 aromatic heterocycles. The van der Waals surface area contributed by atoms with Crippen molar-refractivity contribution in [1.29, 1.82) is 0 Å². The molecule has 3 heteroatoms. The summed E-state index contributed by atoms with van der Waals surface area (Å²) in [7, 11) is 0. The van der Waals surface area contributed by atoms with Gasteiger partial charge in [-0.25, -0.2) is 0 Å². The zero-order chi connectivity index (χ0) is 12.3. The van der Waals surface area contributed by atoms with Crippen LogP contribution in [0.4, 0.5) is 0 Å². The van der Waals surface area contributed by atoms with Crippen LogP contribution >= 0.6 is 0 Å². The van der Waals surface area contributed by atoms with Crippen LogP contribution in [0.15, 0.2) is 60.7 Å². The van der Waals surface area contributed by atoms with Crippen molar-refractivity contribution < 1.29 is 24.8 Å². The van der Waals surface area contributed by atoms with Crippen LogP contribution in [-0.4, -0.2) is 0 Å². The zero-order valence-electron chi connectivity index (χ0n) is 9.97. The van der Waals surface area contributed by atoms with Gasteiger partial charge in [-0.15, -0.1) is 0 Å². The van der Waals surface area contributed by atoms with Crippen LogP contribution in [0, 0.1) is 19.3 Å². The van der Waals surface area contributed by atoms with Gasteiger partial charge in [-0.2, -0.15) is 0 Å². The normalized spacial score (nSPS) is 7.56. The molecule has 0 unspecified atom stereocenters. The SMILES string of the molecule is C(#Cc1ccccc1)c1ccccc1.[CH3-].[O]=[Re]=[O]. The van der Waals surface area contributed by atoms with Crippen molar-refractivity contribution in [3.8, 4) is 11.8 Å². The summed E-state index contributed by atoms with van der Waals surface area (Å²) in [4.78, 5) is 0. The van der Waals surface area contributed by atoms with E-state index in [0.717, 1.165) is 11.1 Å². The van der Waals surface area contributed by atoms with E-state index in [2.05, 4.69) is 11.8 Å². The van der Waals surface area contributed by atoms with Gasteiger partial charge in [-0.3, -0.25) is 0 Å². The van der Waals surface area contributed by atoms with Gasteiger partial charge in [-0.1, -0.05) is 48.2 Å². The fraction of sp³-hybridized carbons (Fsp3) is 0. The van der Waals surface area contributed by atoms with Gasteiger partial charge in [0.15, 0.2) is 0 Å². The summed E-state index contributed by atoms with van der Waals surface area (Å²) in [5.41, 5.74) is 2.10. The van der Waals surface area contributed by atoms with Crippen molar-refractivity contribution in [2.75, 3.05) is 0 Å². The Morgan fingerprint density at radius 3 is 1.22 bits per heavy atom. The molecular formula is C15H13O2Re-. The second-order valence-corrected chi connectivity index (χ2v) is 3.50. The molecule has 0 bridgehead atoms. The van der Waals surface area contributed by atoms with Crippen LogP contribution in [0.1, 0.15) is 11.1 Å². The van der Waals surface area contributed by atoms with Gasteiger partial charge in [0, 0.05) is 11.1 Å². The van der Waals surface area contributed by atoms with Crippen LogP contribution in [0.2, 0.25) is 0 Å². The standard InChI is InChI=1S/C14H10.CH3.2O.Re/c1-3-7-13(8-4-1)11-12-14-9-5-2-6-10-14;;;;/h1-10H;1H3;;;/q;-1;;;. The molecule has 0 fully saturated rings. The van der Waals surface area contributed by atoms with Gasteiger partial charge >= 0.3 is 24.8 Å². The first-order valence-corrected chi connectivity index (χ1v) is 7.10. The van der Waals surface area contributed by atoms with Crippen LogP contribution in [-0.2, 0) is 24.8 Å². The van der Waals surface area contributed by atoms with Crippen molar-refractivity contribution in [3.63, 3.8) is 0 Å². The Morgan fingerprint density at radius 1 is 0.667 bits per heavy atom. The first-order valence-electron chi connectivity index (χ1n) is 4.88. The van der Waals surface area contributed by atoms with E-state index in [0.29, 0.717) is 0 Å². The van der Waals surface area contributed by atoms with Crippen molar-refractivity contribution >= 4 is 0 Å². The second kappa shape index (κ2) is 10.4. The average molecular weight is 411 g/mol. The molecule has 2 rings (SSSR count). The summed E-state index contributed by atoms with van der Waals surface area (Å²) < 4.78 is 17.1. The van der Waals surface area contributed by atoms with Gasteiger partial charge < -0.3 is 7.43 Å². The van der Waals surface area contributed by atoms with E-state index in [9.17, 15) is 0 Å². The first kappa shape index (κ1) is 16.3. The fourth-order valence-corrected chi connectivity index (χ4v) is 1.19. The van der Waals surface area contributed by atoms with Gasteiger partial charge in [0.1, 0.15) is 0 Å². The van der Waals surface area contributed by atoms with Gasteiger partial charge in [0.05, 0.1) is 0 Å². The molecule has 0 amide bonds. The average Bonchev–Trinajstić information content (AvgIpc) is 2.40. The van der Waals surface area contributed by atoms with E-state index in [1.165, 1.54) is 0 Å². The number of hydrogen-bond donors (Lipinski definition) is 0. The fourth-order valence-electron chi connectivity index (χ4n) is 1.19. The van der Waals surface area contributed by atoms with E-state index >= 15 is 0 Å². The van der Waals surface area contributed by atoms with Crippen LogP contribution in [0.25, 0.3) is 0 Å². The third-order valence-electron chi connectivity index (χ3n) is 1.90. The van der Waals surface area contributed by atoms with Crippen LogP contribution < -0.4 is 0 Å². The molecule has 0 radical (unpaired) electrons. The second-order valence-electron chi connectivity index (χ2n) is 3.05.